The molecule has 0 bridgehead atoms. The third-order valence-electron chi connectivity index (χ3n) is 2.86. The van der Waals surface area contributed by atoms with Crippen LogP contribution in [0.1, 0.15) is 12.0 Å². The largest absolute Gasteiger partial charge is 0.369 e. The van der Waals surface area contributed by atoms with E-state index in [0.717, 1.165) is 25.2 Å². The minimum absolute atomic E-state index is 0.648. The maximum Gasteiger partial charge on any atom is 0.200 e. The predicted molar refractivity (Wildman–Crippen MR) is 71.8 cm³/mol. The number of benzene rings is 1. The Hall–Kier alpha value is -2.50. The summed E-state index contributed by atoms with van der Waals surface area (Å²) in [5, 5.41) is 18.6. The van der Waals surface area contributed by atoms with E-state index in [1.165, 1.54) is 10.2 Å². The highest BCUT2D eigenvalue weighted by molar-refractivity contribution is 5.41. The molecule has 1 aromatic carbocycles. The van der Waals surface area contributed by atoms with Gasteiger partial charge in [0, 0.05) is 6.54 Å². The second-order valence-electron chi connectivity index (χ2n) is 4.26. The van der Waals surface area contributed by atoms with Crippen LogP contribution in [0.3, 0.4) is 0 Å². The molecule has 6 heteroatoms. The fourth-order valence-corrected chi connectivity index (χ4v) is 1.90. The lowest BCUT2D eigenvalue weighted by Crippen LogP contribution is -2.07. The Morgan fingerprint density at radius 3 is 2.84 bits per heavy atom. The summed E-state index contributed by atoms with van der Waals surface area (Å²) in [6.07, 6.45) is 2.11. The summed E-state index contributed by atoms with van der Waals surface area (Å²) in [5.41, 5.74) is 2.00. The number of rotatable bonds is 5. The zero-order valence-corrected chi connectivity index (χ0v) is 10.4. The average Bonchev–Trinajstić information content (AvgIpc) is 2.92. The lowest BCUT2D eigenvalue weighted by atomic mass is 10.1. The van der Waals surface area contributed by atoms with Gasteiger partial charge in [0.1, 0.15) is 5.82 Å². The van der Waals surface area contributed by atoms with Crippen LogP contribution in [-0.4, -0.2) is 31.8 Å². The summed E-state index contributed by atoms with van der Waals surface area (Å²) in [7, 11) is 0. The number of nitrogens with one attached hydrogen (secondary N) is 1. The van der Waals surface area contributed by atoms with Gasteiger partial charge in [0.25, 0.3) is 0 Å². The van der Waals surface area contributed by atoms with Gasteiger partial charge >= 0.3 is 0 Å². The van der Waals surface area contributed by atoms with Gasteiger partial charge in [0.15, 0.2) is 5.65 Å². The van der Waals surface area contributed by atoms with Gasteiger partial charge in [0.2, 0.25) is 0 Å². The van der Waals surface area contributed by atoms with Crippen LogP contribution in [0.25, 0.3) is 5.65 Å². The fraction of sp³-hybridized carbons (Fsp3) is 0.231. The summed E-state index contributed by atoms with van der Waals surface area (Å²) in [6.45, 7) is 0.871. The van der Waals surface area contributed by atoms with E-state index in [1.807, 2.05) is 18.2 Å². The number of tetrazole rings is 1. The Balaban J connectivity index is 1.52. The number of hydrogen-bond acceptors (Lipinski definition) is 5. The molecule has 0 unspecified atom stereocenters. The molecular weight excluding hydrogens is 240 g/mol. The van der Waals surface area contributed by atoms with Crippen LogP contribution in [0.5, 0.6) is 0 Å². The molecule has 6 nitrogen and oxygen atoms in total. The van der Waals surface area contributed by atoms with Gasteiger partial charge in [-0.05, 0) is 41.0 Å². The van der Waals surface area contributed by atoms with Crippen LogP contribution in [0.15, 0.2) is 42.5 Å². The third-order valence-corrected chi connectivity index (χ3v) is 2.86. The average molecular weight is 254 g/mol. The first kappa shape index (κ1) is 11.6. The Morgan fingerprint density at radius 1 is 1.05 bits per heavy atom. The van der Waals surface area contributed by atoms with Gasteiger partial charge in [-0.15, -0.1) is 14.8 Å². The van der Waals surface area contributed by atoms with Crippen molar-refractivity contribution in [2.24, 2.45) is 0 Å². The molecule has 2 aromatic heterocycles. The standard InChI is InChI=1S/C13H14N6/c1-2-5-11(6-3-1)7-4-10-14-12-8-9-13-15-17-18-19(13)16-12/h1-3,5-6,8-9H,4,7,10H2,(H,14,16). The Morgan fingerprint density at radius 2 is 1.95 bits per heavy atom. The molecule has 0 saturated heterocycles. The molecule has 0 aliphatic rings. The van der Waals surface area contributed by atoms with Crippen LogP contribution in [-0.2, 0) is 6.42 Å². The van der Waals surface area contributed by atoms with Crippen molar-refractivity contribution < 1.29 is 0 Å². The zero-order chi connectivity index (χ0) is 12.9. The monoisotopic (exact) mass is 254 g/mol. The summed E-state index contributed by atoms with van der Waals surface area (Å²) >= 11 is 0. The van der Waals surface area contributed by atoms with Crippen molar-refractivity contribution in [3.8, 4) is 0 Å². The van der Waals surface area contributed by atoms with Crippen molar-refractivity contribution in [1.82, 2.24) is 25.3 Å². The van der Waals surface area contributed by atoms with Crippen molar-refractivity contribution in [2.75, 3.05) is 11.9 Å². The fourth-order valence-electron chi connectivity index (χ4n) is 1.90. The molecule has 0 spiro atoms. The van der Waals surface area contributed by atoms with Gasteiger partial charge in [-0.25, -0.2) is 0 Å². The third kappa shape index (κ3) is 2.85. The smallest absolute Gasteiger partial charge is 0.200 e. The van der Waals surface area contributed by atoms with E-state index < -0.39 is 0 Å². The molecular formula is C13H14N6. The van der Waals surface area contributed by atoms with Gasteiger partial charge < -0.3 is 5.32 Å². The predicted octanol–water partition coefficient (Wildman–Crippen LogP) is 1.56. The normalized spacial score (nSPS) is 10.7. The molecule has 0 aliphatic carbocycles. The van der Waals surface area contributed by atoms with Gasteiger partial charge in [-0.2, -0.15) is 0 Å². The second-order valence-corrected chi connectivity index (χ2v) is 4.26. The second kappa shape index (κ2) is 5.43. The maximum atomic E-state index is 4.25. The number of hydrogen-bond donors (Lipinski definition) is 1. The topological polar surface area (TPSA) is 68.0 Å². The Bertz CT molecular complexity index is 648. The molecule has 0 aliphatic heterocycles. The van der Waals surface area contributed by atoms with Crippen molar-refractivity contribution in [1.29, 1.82) is 0 Å². The SMILES string of the molecule is c1ccc(CCCNc2ccc3nnnn3n2)cc1. The van der Waals surface area contributed by atoms with Crippen LogP contribution >= 0.6 is 0 Å². The molecule has 96 valence electrons. The molecule has 0 amide bonds. The first-order valence-corrected chi connectivity index (χ1v) is 6.25. The number of nitrogens with zero attached hydrogens (tertiary/aromatic N) is 5. The van der Waals surface area contributed by atoms with Crippen LogP contribution in [0.2, 0.25) is 0 Å². The summed E-state index contributed by atoms with van der Waals surface area (Å²) in [5.74, 6) is 0.785. The van der Waals surface area contributed by atoms with E-state index in [-0.39, 0.29) is 0 Å². The molecule has 0 atom stereocenters. The van der Waals surface area contributed by atoms with Crippen molar-refractivity contribution in [3.63, 3.8) is 0 Å². The van der Waals surface area contributed by atoms with E-state index >= 15 is 0 Å². The summed E-state index contributed by atoms with van der Waals surface area (Å²) < 4.78 is 1.42. The molecule has 19 heavy (non-hydrogen) atoms. The highest BCUT2D eigenvalue weighted by Crippen LogP contribution is 2.05. The maximum absolute atomic E-state index is 4.25. The number of fused-ring (bicyclic) bond motifs is 1. The van der Waals surface area contributed by atoms with Crippen molar-refractivity contribution >= 4 is 11.5 Å². The van der Waals surface area contributed by atoms with Gasteiger partial charge in [-0.3, -0.25) is 0 Å². The van der Waals surface area contributed by atoms with Gasteiger partial charge in [-0.1, -0.05) is 30.3 Å². The number of aryl methyl sites for hydroxylation is 1. The zero-order valence-electron chi connectivity index (χ0n) is 10.4. The molecule has 0 fully saturated rings. The molecule has 3 aromatic rings. The lowest BCUT2D eigenvalue weighted by molar-refractivity contribution is 0.732. The van der Waals surface area contributed by atoms with Crippen LogP contribution < -0.4 is 5.32 Å². The number of anilines is 1. The van der Waals surface area contributed by atoms with E-state index in [2.05, 4.69) is 50.2 Å². The van der Waals surface area contributed by atoms with Crippen molar-refractivity contribution in [3.05, 3.63) is 48.0 Å². The highest BCUT2D eigenvalue weighted by atomic mass is 15.6. The number of aromatic nitrogens is 5. The molecule has 0 saturated carbocycles. The quantitative estimate of drug-likeness (QED) is 0.700. The Labute approximate surface area is 110 Å². The first-order chi connectivity index (χ1) is 9.42. The van der Waals surface area contributed by atoms with Crippen LogP contribution in [0.4, 0.5) is 5.82 Å². The van der Waals surface area contributed by atoms with E-state index in [1.54, 1.807) is 0 Å². The van der Waals surface area contributed by atoms with Crippen LogP contribution in [0, 0.1) is 0 Å². The van der Waals surface area contributed by atoms with E-state index in [0.29, 0.717) is 5.65 Å². The highest BCUT2D eigenvalue weighted by Gasteiger charge is 1.99. The minimum atomic E-state index is 0.648. The summed E-state index contributed by atoms with van der Waals surface area (Å²) in [4.78, 5) is 0. The van der Waals surface area contributed by atoms with E-state index in [9.17, 15) is 0 Å². The van der Waals surface area contributed by atoms with E-state index in [4.69, 9.17) is 0 Å². The lowest BCUT2D eigenvalue weighted by Gasteiger charge is -2.05. The minimum Gasteiger partial charge on any atom is -0.369 e. The summed E-state index contributed by atoms with van der Waals surface area (Å²) in [6, 6.07) is 14.2. The molecule has 3 rings (SSSR count). The molecule has 1 N–H and O–H groups in total. The van der Waals surface area contributed by atoms with Crippen molar-refractivity contribution in [2.45, 2.75) is 12.8 Å². The molecule has 2 heterocycles. The first-order valence-electron chi connectivity index (χ1n) is 6.25. The Kier molecular flexibility index (Phi) is 3.31. The van der Waals surface area contributed by atoms with Gasteiger partial charge in [0.05, 0.1) is 0 Å². The molecule has 0 radical (unpaired) electrons.